The number of unbranched alkanes of at least 4 members (excludes halogenated alkanes) is 6. The molecular weight excluding hydrogens is 208 g/mol. The van der Waals surface area contributed by atoms with Gasteiger partial charge in [-0.2, -0.15) is 5.26 Å². The lowest BCUT2D eigenvalue weighted by molar-refractivity contribution is 0.446. The zero-order chi connectivity index (χ0) is 12.8. The summed E-state index contributed by atoms with van der Waals surface area (Å²) in [4.78, 5) is 0. The fraction of sp³-hybridized carbons (Fsp3) is 0.933. The van der Waals surface area contributed by atoms with Gasteiger partial charge in [0.15, 0.2) is 0 Å². The molecule has 0 aromatic heterocycles. The van der Waals surface area contributed by atoms with Crippen LogP contribution < -0.4 is 5.32 Å². The van der Waals surface area contributed by atoms with Gasteiger partial charge in [-0.1, -0.05) is 58.8 Å². The summed E-state index contributed by atoms with van der Waals surface area (Å²) in [6.45, 7) is 5.34. The van der Waals surface area contributed by atoms with Gasteiger partial charge in [0, 0.05) is 19.0 Å². The first-order valence-corrected chi connectivity index (χ1v) is 7.45. The lowest BCUT2D eigenvalue weighted by Gasteiger charge is -2.15. The summed E-state index contributed by atoms with van der Waals surface area (Å²) in [7, 11) is 0. The van der Waals surface area contributed by atoms with Crippen LogP contribution in [0, 0.1) is 11.3 Å². The lowest BCUT2D eigenvalue weighted by Crippen LogP contribution is -2.29. The number of hydrogen-bond donors (Lipinski definition) is 1. The van der Waals surface area contributed by atoms with Crippen molar-refractivity contribution in [3.63, 3.8) is 0 Å². The maximum absolute atomic E-state index is 8.48. The van der Waals surface area contributed by atoms with E-state index in [1.54, 1.807) is 0 Å². The standard InChI is InChI=1S/C15H30N2/c1-3-5-6-7-8-9-10-12-15(4-2)17-14-11-13-16/h15,17H,3-12,14H2,1-2H3. The molecular formula is C15H30N2. The molecule has 0 rings (SSSR count). The van der Waals surface area contributed by atoms with E-state index >= 15 is 0 Å². The van der Waals surface area contributed by atoms with Crippen molar-refractivity contribution in [1.82, 2.24) is 5.32 Å². The minimum absolute atomic E-state index is 0.624. The molecule has 0 fully saturated rings. The molecule has 0 saturated carbocycles. The third-order valence-corrected chi connectivity index (χ3v) is 3.32. The molecule has 1 N–H and O–H groups in total. The van der Waals surface area contributed by atoms with Crippen LogP contribution in [0.3, 0.4) is 0 Å². The predicted octanol–water partition coefficient (Wildman–Crippen LogP) is 4.41. The molecule has 0 aliphatic carbocycles. The molecule has 0 amide bonds. The summed E-state index contributed by atoms with van der Waals surface area (Å²) in [5.41, 5.74) is 0. The van der Waals surface area contributed by atoms with Crippen LogP contribution in [0.15, 0.2) is 0 Å². The quantitative estimate of drug-likeness (QED) is 0.511. The zero-order valence-corrected chi connectivity index (χ0v) is 11.8. The highest BCUT2D eigenvalue weighted by Gasteiger charge is 2.04. The second kappa shape index (κ2) is 13.5. The molecule has 2 nitrogen and oxygen atoms in total. The van der Waals surface area contributed by atoms with E-state index in [2.05, 4.69) is 25.2 Å². The van der Waals surface area contributed by atoms with Gasteiger partial charge in [-0.05, 0) is 12.8 Å². The first-order chi connectivity index (χ1) is 8.35. The van der Waals surface area contributed by atoms with Gasteiger partial charge in [-0.25, -0.2) is 0 Å². The molecule has 1 unspecified atom stereocenters. The Kier molecular flexibility index (Phi) is 13.1. The fourth-order valence-corrected chi connectivity index (χ4v) is 2.13. The molecule has 0 radical (unpaired) electrons. The van der Waals surface area contributed by atoms with Gasteiger partial charge in [0.25, 0.3) is 0 Å². The van der Waals surface area contributed by atoms with Gasteiger partial charge < -0.3 is 5.32 Å². The van der Waals surface area contributed by atoms with Crippen molar-refractivity contribution in [2.75, 3.05) is 6.54 Å². The minimum atomic E-state index is 0.624. The molecule has 2 heteroatoms. The summed E-state index contributed by atoms with van der Waals surface area (Å²) in [5.74, 6) is 0. The van der Waals surface area contributed by atoms with E-state index in [9.17, 15) is 0 Å². The van der Waals surface area contributed by atoms with Crippen LogP contribution in [0.1, 0.15) is 78.1 Å². The van der Waals surface area contributed by atoms with Gasteiger partial charge in [0.05, 0.1) is 6.07 Å². The van der Waals surface area contributed by atoms with Crippen molar-refractivity contribution in [3.8, 4) is 6.07 Å². The molecule has 0 bridgehead atoms. The summed E-state index contributed by atoms with van der Waals surface area (Å²) in [6.07, 6.45) is 12.7. The summed E-state index contributed by atoms with van der Waals surface area (Å²) in [6, 6.07) is 2.80. The molecule has 0 aliphatic rings. The summed E-state index contributed by atoms with van der Waals surface area (Å²) in [5, 5.41) is 11.9. The van der Waals surface area contributed by atoms with Crippen molar-refractivity contribution < 1.29 is 0 Å². The number of nitriles is 1. The van der Waals surface area contributed by atoms with Crippen molar-refractivity contribution >= 4 is 0 Å². The van der Waals surface area contributed by atoms with Crippen LogP contribution in [0.4, 0.5) is 0 Å². The normalized spacial score (nSPS) is 12.3. The fourth-order valence-electron chi connectivity index (χ4n) is 2.13. The Bertz CT molecular complexity index is 184. The predicted molar refractivity (Wildman–Crippen MR) is 74.9 cm³/mol. The Hall–Kier alpha value is -0.550. The summed E-state index contributed by atoms with van der Waals surface area (Å²) < 4.78 is 0. The van der Waals surface area contributed by atoms with Crippen LogP contribution in [0.5, 0.6) is 0 Å². The van der Waals surface area contributed by atoms with Gasteiger partial charge in [-0.3, -0.25) is 0 Å². The van der Waals surface area contributed by atoms with Gasteiger partial charge in [0.1, 0.15) is 0 Å². The van der Waals surface area contributed by atoms with E-state index in [0.29, 0.717) is 12.5 Å². The number of hydrogen-bond acceptors (Lipinski definition) is 2. The maximum Gasteiger partial charge on any atom is 0.0635 e. The lowest BCUT2D eigenvalue weighted by atomic mass is 10.0. The summed E-state index contributed by atoms with van der Waals surface area (Å²) >= 11 is 0. The van der Waals surface area contributed by atoms with Gasteiger partial charge >= 0.3 is 0 Å². The number of rotatable bonds is 12. The second-order valence-corrected chi connectivity index (χ2v) is 4.88. The van der Waals surface area contributed by atoms with Crippen molar-refractivity contribution in [2.45, 2.75) is 84.1 Å². The molecule has 0 aliphatic heterocycles. The van der Waals surface area contributed by atoms with Crippen molar-refractivity contribution in [1.29, 1.82) is 5.26 Å². The molecule has 0 spiro atoms. The van der Waals surface area contributed by atoms with E-state index in [1.165, 1.54) is 57.8 Å². The van der Waals surface area contributed by atoms with Crippen LogP contribution in [-0.2, 0) is 0 Å². The van der Waals surface area contributed by atoms with Crippen LogP contribution in [0.2, 0.25) is 0 Å². The van der Waals surface area contributed by atoms with Gasteiger partial charge in [-0.15, -0.1) is 0 Å². The topological polar surface area (TPSA) is 35.8 Å². The maximum atomic E-state index is 8.48. The largest absolute Gasteiger partial charge is 0.313 e. The third kappa shape index (κ3) is 11.7. The van der Waals surface area contributed by atoms with E-state index in [-0.39, 0.29) is 0 Å². The Morgan fingerprint density at radius 3 is 2.24 bits per heavy atom. The Labute approximate surface area is 108 Å². The second-order valence-electron chi connectivity index (χ2n) is 4.88. The molecule has 0 heterocycles. The first-order valence-electron chi connectivity index (χ1n) is 7.45. The average molecular weight is 238 g/mol. The molecule has 0 saturated heterocycles. The van der Waals surface area contributed by atoms with E-state index in [4.69, 9.17) is 5.26 Å². The molecule has 100 valence electrons. The SMILES string of the molecule is CCCCCCCCCC(CC)NCCC#N. The average Bonchev–Trinajstić information content (AvgIpc) is 2.35. The van der Waals surface area contributed by atoms with Crippen LogP contribution in [0.25, 0.3) is 0 Å². The molecule has 0 aromatic carbocycles. The van der Waals surface area contributed by atoms with E-state index < -0.39 is 0 Å². The number of nitrogens with one attached hydrogen (secondary N) is 1. The highest BCUT2D eigenvalue weighted by molar-refractivity contribution is 4.73. The van der Waals surface area contributed by atoms with Gasteiger partial charge in [0.2, 0.25) is 0 Å². The Morgan fingerprint density at radius 2 is 1.65 bits per heavy atom. The van der Waals surface area contributed by atoms with Crippen molar-refractivity contribution in [3.05, 3.63) is 0 Å². The van der Waals surface area contributed by atoms with E-state index in [1.807, 2.05) is 0 Å². The minimum Gasteiger partial charge on any atom is -0.313 e. The zero-order valence-electron chi connectivity index (χ0n) is 11.8. The van der Waals surface area contributed by atoms with Crippen LogP contribution >= 0.6 is 0 Å². The Morgan fingerprint density at radius 1 is 1.00 bits per heavy atom. The Balaban J connectivity index is 3.28. The third-order valence-electron chi connectivity index (χ3n) is 3.32. The smallest absolute Gasteiger partial charge is 0.0635 e. The van der Waals surface area contributed by atoms with E-state index in [0.717, 1.165) is 6.54 Å². The first kappa shape index (κ1) is 16.4. The van der Waals surface area contributed by atoms with Crippen molar-refractivity contribution in [2.24, 2.45) is 0 Å². The molecule has 1 atom stereocenters. The molecule has 0 aromatic rings. The molecule has 17 heavy (non-hydrogen) atoms. The van der Waals surface area contributed by atoms with Crippen LogP contribution in [-0.4, -0.2) is 12.6 Å². The highest BCUT2D eigenvalue weighted by Crippen LogP contribution is 2.10. The highest BCUT2D eigenvalue weighted by atomic mass is 14.9. The number of nitrogens with zero attached hydrogens (tertiary/aromatic N) is 1. The monoisotopic (exact) mass is 238 g/mol.